The van der Waals surface area contributed by atoms with Crippen molar-refractivity contribution in [3.8, 4) is 0 Å². The number of nitrogens with zero attached hydrogens (tertiary/aromatic N) is 1. The molecule has 0 saturated carbocycles. The van der Waals surface area contributed by atoms with Gasteiger partial charge in [0.2, 0.25) is 0 Å². The molecule has 0 amide bonds. The van der Waals surface area contributed by atoms with Crippen molar-refractivity contribution in [3.63, 3.8) is 0 Å². The Bertz CT molecular complexity index is 212. The van der Waals surface area contributed by atoms with Gasteiger partial charge in [-0.3, -0.25) is 4.98 Å². The molecule has 0 fully saturated rings. The molecular weight excluding hydrogens is 144 g/mol. The van der Waals surface area contributed by atoms with Crippen molar-refractivity contribution in [2.45, 2.75) is 4.90 Å². The van der Waals surface area contributed by atoms with Gasteiger partial charge in [-0.25, -0.2) is 0 Å². The monoisotopic (exact) mass is 151 g/mol. The van der Waals surface area contributed by atoms with E-state index >= 15 is 0 Å². The van der Waals surface area contributed by atoms with E-state index in [1.165, 1.54) is 10.6 Å². The van der Waals surface area contributed by atoms with Crippen LogP contribution in [0.1, 0.15) is 0 Å². The molecule has 1 aliphatic heterocycles. The van der Waals surface area contributed by atoms with Crippen molar-refractivity contribution >= 4 is 17.4 Å². The Morgan fingerprint density at radius 1 is 1.70 bits per heavy atom. The van der Waals surface area contributed by atoms with Gasteiger partial charge in [-0.15, -0.1) is 11.8 Å². The zero-order valence-corrected chi connectivity index (χ0v) is 6.24. The van der Waals surface area contributed by atoms with Gasteiger partial charge < -0.3 is 5.32 Å². The Morgan fingerprint density at radius 3 is 3.60 bits per heavy atom. The summed E-state index contributed by atoms with van der Waals surface area (Å²) in [7, 11) is 0. The van der Waals surface area contributed by atoms with E-state index in [0.717, 1.165) is 12.3 Å². The Morgan fingerprint density at radius 2 is 2.70 bits per heavy atom. The molecule has 2 rings (SSSR count). The second-order valence-electron chi connectivity index (χ2n) is 2.08. The molecule has 10 heavy (non-hydrogen) atoms. The molecule has 2 heterocycles. The highest BCUT2D eigenvalue weighted by atomic mass is 32.2. The topological polar surface area (TPSA) is 24.9 Å². The van der Waals surface area contributed by atoms with Crippen LogP contribution in [0.4, 0.5) is 5.69 Å². The van der Waals surface area contributed by atoms with E-state index in [1.54, 1.807) is 0 Å². The first kappa shape index (κ1) is 6.04. The molecule has 0 spiro atoms. The van der Waals surface area contributed by atoms with Crippen LogP contribution in [-0.4, -0.2) is 17.3 Å². The van der Waals surface area contributed by atoms with E-state index in [0.29, 0.717) is 0 Å². The average molecular weight is 151 g/mol. The van der Waals surface area contributed by atoms with Crippen LogP contribution in [0.5, 0.6) is 0 Å². The fraction of sp³-hybridized carbons (Fsp3) is 0.286. The van der Waals surface area contributed by atoms with Gasteiger partial charge in [0.05, 0.1) is 11.9 Å². The summed E-state index contributed by atoms with van der Waals surface area (Å²) < 4.78 is 0. The molecule has 51 valence electrons. The van der Waals surface area contributed by atoms with Crippen LogP contribution in [-0.2, 0) is 0 Å². The minimum atomic E-state index is 1.05. The third-order valence-electron chi connectivity index (χ3n) is 1.41. The van der Waals surface area contributed by atoms with Gasteiger partial charge in [0.15, 0.2) is 0 Å². The molecule has 1 radical (unpaired) electrons. The number of nitrogens with one attached hydrogen (secondary N) is 1. The Hall–Kier alpha value is -0.700. The van der Waals surface area contributed by atoms with Gasteiger partial charge in [-0.1, -0.05) is 0 Å². The van der Waals surface area contributed by atoms with Gasteiger partial charge in [0.25, 0.3) is 0 Å². The summed E-state index contributed by atoms with van der Waals surface area (Å²) in [4.78, 5) is 5.15. The lowest BCUT2D eigenvalue weighted by molar-refractivity contribution is 1.13. The quantitative estimate of drug-likeness (QED) is 0.606. The lowest BCUT2D eigenvalue weighted by Crippen LogP contribution is -2.09. The number of fused-ring (bicyclic) bond motifs is 1. The molecule has 0 bridgehead atoms. The third-order valence-corrected chi connectivity index (χ3v) is 2.45. The summed E-state index contributed by atoms with van der Waals surface area (Å²) in [6.07, 6.45) is 4.65. The van der Waals surface area contributed by atoms with Crippen LogP contribution in [0.25, 0.3) is 0 Å². The lowest BCUT2D eigenvalue weighted by atomic mass is 10.4. The maximum absolute atomic E-state index is 3.91. The third kappa shape index (κ3) is 0.968. The molecular formula is C7H7N2S. The molecule has 1 aromatic heterocycles. The van der Waals surface area contributed by atoms with E-state index in [-0.39, 0.29) is 0 Å². The van der Waals surface area contributed by atoms with E-state index in [4.69, 9.17) is 0 Å². The molecule has 0 unspecified atom stereocenters. The van der Waals surface area contributed by atoms with Crippen LogP contribution in [0, 0.1) is 6.20 Å². The zero-order valence-electron chi connectivity index (χ0n) is 5.42. The number of rotatable bonds is 0. The van der Waals surface area contributed by atoms with Crippen molar-refractivity contribution in [2.24, 2.45) is 0 Å². The number of aromatic nitrogens is 1. The van der Waals surface area contributed by atoms with Gasteiger partial charge in [0, 0.05) is 23.4 Å². The summed E-state index contributed by atoms with van der Waals surface area (Å²) in [5.41, 5.74) is 1.17. The van der Waals surface area contributed by atoms with Crippen molar-refractivity contribution < 1.29 is 0 Å². The average Bonchev–Trinajstić information content (AvgIpc) is 2.05. The van der Waals surface area contributed by atoms with E-state index < -0.39 is 0 Å². The van der Waals surface area contributed by atoms with E-state index in [1.807, 2.05) is 24.0 Å². The zero-order chi connectivity index (χ0) is 6.81. The summed E-state index contributed by atoms with van der Waals surface area (Å²) >= 11 is 1.84. The number of hydrogen-bond acceptors (Lipinski definition) is 3. The predicted molar refractivity (Wildman–Crippen MR) is 42.3 cm³/mol. The Balaban J connectivity index is 2.41. The first-order chi connectivity index (χ1) is 4.97. The summed E-state index contributed by atoms with van der Waals surface area (Å²) in [5.74, 6) is 1.14. The standard InChI is InChI=1S/C7H7N2S/c1-2-8-5-7-6(1)9-3-4-10-7/h1,5,9H,3-4H2. The molecule has 0 atom stereocenters. The predicted octanol–water partition coefficient (Wildman–Crippen LogP) is 1.40. The highest BCUT2D eigenvalue weighted by molar-refractivity contribution is 7.99. The lowest BCUT2D eigenvalue weighted by Gasteiger charge is -2.15. The molecule has 2 nitrogen and oxygen atoms in total. The molecule has 1 N–H and O–H groups in total. The number of hydrogen-bond donors (Lipinski definition) is 1. The minimum Gasteiger partial charge on any atom is -0.383 e. The van der Waals surface area contributed by atoms with Crippen LogP contribution in [0.2, 0.25) is 0 Å². The Labute approximate surface area is 64.0 Å². The van der Waals surface area contributed by atoms with Gasteiger partial charge in [-0.2, -0.15) is 0 Å². The number of thioether (sulfide) groups is 1. The SMILES string of the molecule is [c]1cc2c(cn1)SCCN2. The molecule has 1 aliphatic rings. The summed E-state index contributed by atoms with van der Waals surface area (Å²) in [6, 6.07) is 1.89. The van der Waals surface area contributed by atoms with Gasteiger partial charge in [-0.05, 0) is 6.07 Å². The van der Waals surface area contributed by atoms with Crippen molar-refractivity contribution in [1.29, 1.82) is 0 Å². The van der Waals surface area contributed by atoms with Crippen LogP contribution < -0.4 is 5.32 Å². The second kappa shape index (κ2) is 2.50. The highest BCUT2D eigenvalue weighted by Gasteiger charge is 2.06. The normalized spacial score (nSPS) is 15.6. The maximum atomic E-state index is 3.91. The molecule has 1 aromatic rings. The minimum absolute atomic E-state index is 1.05. The molecule has 3 heteroatoms. The fourth-order valence-electron chi connectivity index (χ4n) is 0.938. The van der Waals surface area contributed by atoms with Crippen LogP contribution in [0.3, 0.4) is 0 Å². The fourth-order valence-corrected chi connectivity index (χ4v) is 1.78. The summed E-state index contributed by atoms with van der Waals surface area (Å²) in [5, 5.41) is 3.27. The van der Waals surface area contributed by atoms with Crippen molar-refractivity contribution in [1.82, 2.24) is 4.98 Å². The molecule has 0 aromatic carbocycles. The highest BCUT2D eigenvalue weighted by Crippen LogP contribution is 2.28. The van der Waals surface area contributed by atoms with Crippen LogP contribution in [0.15, 0.2) is 17.2 Å². The van der Waals surface area contributed by atoms with Crippen molar-refractivity contribution in [2.75, 3.05) is 17.6 Å². The van der Waals surface area contributed by atoms with Crippen LogP contribution >= 0.6 is 11.8 Å². The largest absolute Gasteiger partial charge is 0.383 e. The maximum Gasteiger partial charge on any atom is 0.0908 e. The molecule has 0 saturated heterocycles. The smallest absolute Gasteiger partial charge is 0.0908 e. The number of anilines is 1. The van der Waals surface area contributed by atoms with Gasteiger partial charge >= 0.3 is 0 Å². The summed E-state index contributed by atoms with van der Waals surface area (Å²) in [6.45, 7) is 1.05. The Kier molecular flexibility index (Phi) is 1.51. The van der Waals surface area contributed by atoms with Gasteiger partial charge in [0.1, 0.15) is 0 Å². The first-order valence-corrected chi connectivity index (χ1v) is 4.18. The van der Waals surface area contributed by atoms with Crippen molar-refractivity contribution in [3.05, 3.63) is 18.5 Å². The second-order valence-corrected chi connectivity index (χ2v) is 3.22. The first-order valence-electron chi connectivity index (χ1n) is 3.19. The van der Waals surface area contributed by atoms with E-state index in [9.17, 15) is 0 Å². The van der Waals surface area contributed by atoms with E-state index in [2.05, 4.69) is 16.5 Å². The number of pyridine rings is 1. The molecule has 0 aliphatic carbocycles.